The van der Waals surface area contributed by atoms with Crippen molar-refractivity contribution in [2.45, 2.75) is 32.6 Å². The lowest BCUT2D eigenvalue weighted by atomic mass is 10.1. The van der Waals surface area contributed by atoms with Crippen molar-refractivity contribution < 1.29 is 9.59 Å². The fourth-order valence-electron chi connectivity index (χ4n) is 2.68. The summed E-state index contributed by atoms with van der Waals surface area (Å²) in [6.45, 7) is 4.45. The van der Waals surface area contributed by atoms with Gasteiger partial charge in [-0.05, 0) is 63.5 Å². The van der Waals surface area contributed by atoms with Crippen LogP contribution in [0.15, 0.2) is 18.2 Å². The first-order chi connectivity index (χ1) is 10.6. The molecule has 1 fully saturated rings. The molecule has 5 heteroatoms. The molecule has 1 heterocycles. The first-order valence-electron chi connectivity index (χ1n) is 7.96. The molecule has 0 radical (unpaired) electrons. The van der Waals surface area contributed by atoms with Gasteiger partial charge in [-0.3, -0.25) is 9.59 Å². The van der Waals surface area contributed by atoms with Gasteiger partial charge in [0.1, 0.15) is 0 Å². The molecule has 0 aromatic heterocycles. The molecule has 5 nitrogen and oxygen atoms in total. The Kier molecular flexibility index (Phi) is 5.95. The van der Waals surface area contributed by atoms with Gasteiger partial charge < -0.3 is 15.5 Å². The third-order valence-electron chi connectivity index (χ3n) is 3.97. The van der Waals surface area contributed by atoms with Crippen LogP contribution < -0.4 is 10.6 Å². The molecule has 1 aromatic rings. The Labute approximate surface area is 132 Å². The number of carbonyl (C=O) groups excluding carboxylic acids is 2. The van der Waals surface area contributed by atoms with Gasteiger partial charge in [-0.2, -0.15) is 0 Å². The normalized spacial score (nSPS) is 14.2. The second-order valence-corrected chi connectivity index (χ2v) is 5.78. The Bertz CT molecular complexity index is 537. The smallest absolute Gasteiger partial charge is 0.253 e. The van der Waals surface area contributed by atoms with E-state index in [1.807, 2.05) is 31.0 Å². The minimum Gasteiger partial charge on any atom is -0.339 e. The Morgan fingerprint density at radius 2 is 1.95 bits per heavy atom. The van der Waals surface area contributed by atoms with Crippen molar-refractivity contribution in [3.8, 4) is 0 Å². The highest BCUT2D eigenvalue weighted by atomic mass is 16.2. The number of rotatable bonds is 6. The predicted molar refractivity (Wildman–Crippen MR) is 88.1 cm³/mol. The number of nitrogens with zero attached hydrogens (tertiary/aromatic N) is 1. The van der Waals surface area contributed by atoms with Crippen molar-refractivity contribution in [1.82, 2.24) is 10.2 Å². The van der Waals surface area contributed by atoms with Crippen LogP contribution in [0.1, 0.15) is 41.6 Å². The topological polar surface area (TPSA) is 61.4 Å². The molecule has 120 valence electrons. The molecule has 2 N–H and O–H groups in total. The van der Waals surface area contributed by atoms with Crippen LogP contribution in [0.2, 0.25) is 0 Å². The molecular formula is C17H25N3O2. The van der Waals surface area contributed by atoms with E-state index < -0.39 is 0 Å². The van der Waals surface area contributed by atoms with Crippen molar-refractivity contribution >= 4 is 17.5 Å². The standard InChI is InChI=1S/C17H25N3O2/c1-13-12-14(17(22)20-10-3-4-11-20)7-8-15(13)19-16(21)6-5-9-18-2/h7-8,12,18H,3-6,9-11H2,1-2H3,(H,19,21). The summed E-state index contributed by atoms with van der Waals surface area (Å²) in [6.07, 6.45) is 3.48. The molecule has 2 amide bonds. The third-order valence-corrected chi connectivity index (χ3v) is 3.97. The number of anilines is 1. The van der Waals surface area contributed by atoms with Crippen molar-refractivity contribution in [2.24, 2.45) is 0 Å². The lowest BCUT2D eigenvalue weighted by Gasteiger charge is -2.16. The van der Waals surface area contributed by atoms with E-state index in [1.165, 1.54) is 0 Å². The molecule has 1 aliphatic rings. The minimum absolute atomic E-state index is 0.0111. The zero-order valence-corrected chi connectivity index (χ0v) is 13.4. The van der Waals surface area contributed by atoms with Crippen molar-refractivity contribution in [3.05, 3.63) is 29.3 Å². The number of aryl methyl sites for hydroxylation is 1. The van der Waals surface area contributed by atoms with Crippen LogP contribution in [0.5, 0.6) is 0 Å². The zero-order chi connectivity index (χ0) is 15.9. The first-order valence-corrected chi connectivity index (χ1v) is 7.96. The summed E-state index contributed by atoms with van der Waals surface area (Å²) in [4.78, 5) is 26.1. The number of carbonyl (C=O) groups is 2. The summed E-state index contributed by atoms with van der Waals surface area (Å²) in [6, 6.07) is 5.50. The summed E-state index contributed by atoms with van der Waals surface area (Å²) in [5.74, 6) is 0.101. The quantitative estimate of drug-likeness (QED) is 0.792. The number of likely N-dealkylation sites (tertiary alicyclic amines) is 1. The maximum absolute atomic E-state index is 12.3. The van der Waals surface area contributed by atoms with E-state index in [1.54, 1.807) is 6.07 Å². The summed E-state index contributed by atoms with van der Waals surface area (Å²) >= 11 is 0. The van der Waals surface area contributed by atoms with Crippen LogP contribution in [0, 0.1) is 6.92 Å². The van der Waals surface area contributed by atoms with E-state index in [9.17, 15) is 9.59 Å². The Morgan fingerprint density at radius 3 is 2.59 bits per heavy atom. The molecule has 0 atom stereocenters. The maximum Gasteiger partial charge on any atom is 0.253 e. The summed E-state index contributed by atoms with van der Waals surface area (Å²) in [5.41, 5.74) is 2.41. The number of hydrogen-bond acceptors (Lipinski definition) is 3. The molecule has 1 aliphatic heterocycles. The monoisotopic (exact) mass is 303 g/mol. The largest absolute Gasteiger partial charge is 0.339 e. The Morgan fingerprint density at radius 1 is 1.23 bits per heavy atom. The van der Waals surface area contributed by atoms with Gasteiger partial charge in [0.05, 0.1) is 0 Å². The highest BCUT2D eigenvalue weighted by Gasteiger charge is 2.19. The fourth-order valence-corrected chi connectivity index (χ4v) is 2.68. The van der Waals surface area contributed by atoms with Crippen LogP contribution in [-0.4, -0.2) is 43.4 Å². The number of benzene rings is 1. The SMILES string of the molecule is CNCCCC(=O)Nc1ccc(C(=O)N2CCCC2)cc1C. The lowest BCUT2D eigenvalue weighted by molar-refractivity contribution is -0.116. The van der Waals surface area contributed by atoms with Gasteiger partial charge in [-0.25, -0.2) is 0 Å². The molecule has 1 saturated heterocycles. The lowest BCUT2D eigenvalue weighted by Crippen LogP contribution is -2.27. The number of nitrogens with one attached hydrogen (secondary N) is 2. The van der Waals surface area contributed by atoms with Gasteiger partial charge in [-0.1, -0.05) is 0 Å². The van der Waals surface area contributed by atoms with Crippen LogP contribution in [-0.2, 0) is 4.79 Å². The van der Waals surface area contributed by atoms with Gasteiger partial charge in [0.15, 0.2) is 0 Å². The van der Waals surface area contributed by atoms with Crippen LogP contribution in [0.4, 0.5) is 5.69 Å². The van der Waals surface area contributed by atoms with E-state index in [0.717, 1.165) is 50.1 Å². The van der Waals surface area contributed by atoms with E-state index >= 15 is 0 Å². The van der Waals surface area contributed by atoms with E-state index in [-0.39, 0.29) is 11.8 Å². The second kappa shape index (κ2) is 7.94. The van der Waals surface area contributed by atoms with Gasteiger partial charge in [0, 0.05) is 30.8 Å². The van der Waals surface area contributed by atoms with Crippen LogP contribution in [0.3, 0.4) is 0 Å². The van der Waals surface area contributed by atoms with Crippen molar-refractivity contribution in [2.75, 3.05) is 32.0 Å². The van der Waals surface area contributed by atoms with Gasteiger partial charge >= 0.3 is 0 Å². The molecule has 0 unspecified atom stereocenters. The zero-order valence-electron chi connectivity index (χ0n) is 13.4. The average molecular weight is 303 g/mol. The maximum atomic E-state index is 12.3. The highest BCUT2D eigenvalue weighted by Crippen LogP contribution is 2.19. The minimum atomic E-state index is 0.0111. The third kappa shape index (κ3) is 4.31. The Balaban J connectivity index is 1.97. The molecule has 0 aliphatic carbocycles. The first kappa shape index (κ1) is 16.5. The van der Waals surface area contributed by atoms with E-state index in [0.29, 0.717) is 12.0 Å². The Hall–Kier alpha value is -1.88. The average Bonchev–Trinajstić information content (AvgIpc) is 3.03. The molecule has 0 bridgehead atoms. The molecule has 0 saturated carbocycles. The highest BCUT2D eigenvalue weighted by molar-refractivity contribution is 5.96. The van der Waals surface area contributed by atoms with Crippen LogP contribution in [0.25, 0.3) is 0 Å². The number of hydrogen-bond donors (Lipinski definition) is 2. The molecule has 1 aromatic carbocycles. The fraction of sp³-hybridized carbons (Fsp3) is 0.529. The van der Waals surface area contributed by atoms with Gasteiger partial charge in [0.2, 0.25) is 5.91 Å². The molecule has 0 spiro atoms. The summed E-state index contributed by atoms with van der Waals surface area (Å²) in [5, 5.41) is 5.94. The number of amides is 2. The van der Waals surface area contributed by atoms with E-state index in [4.69, 9.17) is 0 Å². The van der Waals surface area contributed by atoms with Crippen LogP contribution >= 0.6 is 0 Å². The van der Waals surface area contributed by atoms with Gasteiger partial charge in [-0.15, -0.1) is 0 Å². The van der Waals surface area contributed by atoms with Gasteiger partial charge in [0.25, 0.3) is 5.91 Å². The second-order valence-electron chi connectivity index (χ2n) is 5.78. The van der Waals surface area contributed by atoms with Crippen molar-refractivity contribution in [3.63, 3.8) is 0 Å². The molecule has 22 heavy (non-hydrogen) atoms. The summed E-state index contributed by atoms with van der Waals surface area (Å²) < 4.78 is 0. The molecule has 2 rings (SSSR count). The summed E-state index contributed by atoms with van der Waals surface area (Å²) in [7, 11) is 1.87. The van der Waals surface area contributed by atoms with Crippen molar-refractivity contribution in [1.29, 1.82) is 0 Å². The van der Waals surface area contributed by atoms with E-state index in [2.05, 4.69) is 10.6 Å². The predicted octanol–water partition coefficient (Wildman–Crippen LogP) is 2.17. The molecular weight excluding hydrogens is 278 g/mol.